The first-order valence-electron chi connectivity index (χ1n) is 4.46. The van der Waals surface area contributed by atoms with Crippen molar-refractivity contribution in [3.05, 3.63) is 35.3 Å². The van der Waals surface area contributed by atoms with Gasteiger partial charge in [0, 0.05) is 11.0 Å². The molecule has 0 saturated carbocycles. The van der Waals surface area contributed by atoms with Gasteiger partial charge in [-0.05, 0) is 24.6 Å². The average Bonchev–Trinajstić information content (AvgIpc) is 2.19. The monoisotopic (exact) mass is 255 g/mol. The Morgan fingerprint density at radius 1 is 1.57 bits per heavy atom. The summed E-state index contributed by atoms with van der Waals surface area (Å²) >= 11 is 3.42. The number of halogens is 1. The van der Waals surface area contributed by atoms with Crippen molar-refractivity contribution in [1.29, 1.82) is 0 Å². The largest absolute Gasteiger partial charge is 0.495 e. The topological polar surface area (TPSA) is 21.3 Å². The summed E-state index contributed by atoms with van der Waals surface area (Å²) in [5, 5.41) is 3.28. The molecule has 0 spiro atoms. The molecule has 0 aliphatic heterocycles. The Morgan fingerprint density at radius 2 is 2.36 bits per heavy atom. The summed E-state index contributed by atoms with van der Waals surface area (Å²) in [6.45, 7) is 4.54. The Hall–Kier alpha value is -0.960. The Kier molecular flexibility index (Phi) is 4.53. The van der Waals surface area contributed by atoms with Crippen LogP contribution < -0.4 is 10.1 Å². The van der Waals surface area contributed by atoms with E-state index in [1.165, 1.54) is 0 Å². The summed E-state index contributed by atoms with van der Waals surface area (Å²) in [6.07, 6.45) is 2.83. The molecule has 0 aliphatic carbocycles. The van der Waals surface area contributed by atoms with E-state index in [1.807, 2.05) is 24.3 Å². The first-order valence-corrected chi connectivity index (χ1v) is 5.25. The fourth-order valence-electron chi connectivity index (χ4n) is 1.13. The van der Waals surface area contributed by atoms with Crippen LogP contribution in [0.4, 0.5) is 5.69 Å². The predicted molar refractivity (Wildman–Crippen MR) is 64.0 cm³/mol. The molecule has 0 atom stereocenters. The molecule has 0 radical (unpaired) electrons. The highest BCUT2D eigenvalue weighted by atomic mass is 79.9. The van der Waals surface area contributed by atoms with Gasteiger partial charge in [0.25, 0.3) is 0 Å². The van der Waals surface area contributed by atoms with E-state index in [4.69, 9.17) is 4.74 Å². The van der Waals surface area contributed by atoms with Crippen LogP contribution in [-0.4, -0.2) is 13.7 Å². The zero-order valence-electron chi connectivity index (χ0n) is 8.22. The lowest BCUT2D eigenvalue weighted by Gasteiger charge is -2.10. The Labute approximate surface area is 93.1 Å². The molecule has 1 aromatic rings. The highest BCUT2D eigenvalue weighted by Crippen LogP contribution is 2.27. The van der Waals surface area contributed by atoms with Crippen LogP contribution in [0.2, 0.25) is 0 Å². The quantitative estimate of drug-likeness (QED) is 0.643. The Morgan fingerprint density at radius 3 is 3.00 bits per heavy atom. The maximum atomic E-state index is 5.22. The normalized spacial score (nSPS) is 9.57. The van der Waals surface area contributed by atoms with E-state index in [1.54, 1.807) is 7.11 Å². The van der Waals surface area contributed by atoms with Gasteiger partial charge in [0.1, 0.15) is 5.75 Å². The number of hydrogen-bond donors (Lipinski definition) is 1. The van der Waals surface area contributed by atoms with E-state index in [9.17, 15) is 0 Å². The van der Waals surface area contributed by atoms with Crippen LogP contribution in [0.15, 0.2) is 35.3 Å². The Balaban J connectivity index is 2.71. The lowest BCUT2D eigenvalue weighted by molar-refractivity contribution is 0.416. The predicted octanol–water partition coefficient (Wildman–Crippen LogP) is 3.45. The number of methoxy groups -OCH3 is 1. The first-order chi connectivity index (χ1) is 6.77. The van der Waals surface area contributed by atoms with Crippen molar-refractivity contribution in [3.63, 3.8) is 0 Å². The molecule has 0 bridgehead atoms. The molecule has 0 aromatic heterocycles. The molecule has 0 aliphatic rings. The number of anilines is 1. The SMILES string of the molecule is C=CCCNc1cc(Br)ccc1OC. The molecule has 0 fully saturated rings. The standard InChI is InChI=1S/C11H14BrNO/c1-3-4-7-13-10-8-9(12)5-6-11(10)14-2/h3,5-6,8,13H,1,4,7H2,2H3. The van der Waals surface area contributed by atoms with Gasteiger partial charge >= 0.3 is 0 Å². The molecule has 1 aromatic carbocycles. The zero-order chi connectivity index (χ0) is 10.4. The minimum atomic E-state index is 0.859. The molecule has 14 heavy (non-hydrogen) atoms. The van der Waals surface area contributed by atoms with Crippen LogP contribution in [0, 0.1) is 0 Å². The van der Waals surface area contributed by atoms with Crippen molar-refractivity contribution in [2.75, 3.05) is 19.0 Å². The lowest BCUT2D eigenvalue weighted by atomic mass is 10.3. The van der Waals surface area contributed by atoms with Gasteiger partial charge < -0.3 is 10.1 Å². The maximum Gasteiger partial charge on any atom is 0.142 e. The van der Waals surface area contributed by atoms with Gasteiger partial charge in [-0.3, -0.25) is 0 Å². The third-order valence-corrected chi connectivity index (χ3v) is 2.32. The minimum absolute atomic E-state index is 0.859. The maximum absolute atomic E-state index is 5.22. The molecule has 3 heteroatoms. The molecule has 76 valence electrons. The third kappa shape index (κ3) is 3.07. The summed E-state index contributed by atoms with van der Waals surface area (Å²) < 4.78 is 6.26. The third-order valence-electron chi connectivity index (χ3n) is 1.83. The van der Waals surface area contributed by atoms with Crippen molar-refractivity contribution in [2.24, 2.45) is 0 Å². The number of rotatable bonds is 5. The summed E-state index contributed by atoms with van der Waals surface area (Å²) in [5.41, 5.74) is 1.00. The Bertz CT molecular complexity index is 312. The second-order valence-corrected chi connectivity index (χ2v) is 3.76. The van der Waals surface area contributed by atoms with Gasteiger partial charge in [0.05, 0.1) is 12.8 Å². The van der Waals surface area contributed by atoms with Gasteiger partial charge in [-0.15, -0.1) is 6.58 Å². The number of nitrogens with one attached hydrogen (secondary N) is 1. The van der Waals surface area contributed by atoms with Crippen LogP contribution in [0.25, 0.3) is 0 Å². The molecule has 1 rings (SSSR count). The van der Waals surface area contributed by atoms with Crippen molar-refractivity contribution in [2.45, 2.75) is 6.42 Å². The van der Waals surface area contributed by atoms with Gasteiger partial charge in [-0.1, -0.05) is 22.0 Å². The van der Waals surface area contributed by atoms with E-state index >= 15 is 0 Å². The molecular formula is C11H14BrNO. The van der Waals surface area contributed by atoms with Gasteiger partial charge in [0.2, 0.25) is 0 Å². The molecule has 0 heterocycles. The molecule has 0 saturated heterocycles. The highest BCUT2D eigenvalue weighted by Gasteiger charge is 2.01. The first kappa shape index (κ1) is 11.1. The second-order valence-electron chi connectivity index (χ2n) is 2.85. The van der Waals surface area contributed by atoms with Crippen LogP contribution in [0.3, 0.4) is 0 Å². The van der Waals surface area contributed by atoms with E-state index < -0.39 is 0 Å². The van der Waals surface area contributed by atoms with E-state index in [2.05, 4.69) is 27.8 Å². The van der Waals surface area contributed by atoms with E-state index in [0.29, 0.717) is 0 Å². The fourth-order valence-corrected chi connectivity index (χ4v) is 1.49. The zero-order valence-corrected chi connectivity index (χ0v) is 9.80. The molecule has 0 amide bonds. The average molecular weight is 256 g/mol. The molecule has 2 nitrogen and oxygen atoms in total. The van der Waals surface area contributed by atoms with E-state index in [-0.39, 0.29) is 0 Å². The fraction of sp³-hybridized carbons (Fsp3) is 0.273. The highest BCUT2D eigenvalue weighted by molar-refractivity contribution is 9.10. The molecular weight excluding hydrogens is 242 g/mol. The number of ether oxygens (including phenoxy) is 1. The molecule has 0 unspecified atom stereocenters. The van der Waals surface area contributed by atoms with Crippen molar-refractivity contribution in [1.82, 2.24) is 0 Å². The van der Waals surface area contributed by atoms with Crippen LogP contribution >= 0.6 is 15.9 Å². The van der Waals surface area contributed by atoms with Gasteiger partial charge in [0.15, 0.2) is 0 Å². The minimum Gasteiger partial charge on any atom is -0.495 e. The summed E-state index contributed by atoms with van der Waals surface area (Å²) in [5.74, 6) is 0.859. The summed E-state index contributed by atoms with van der Waals surface area (Å²) in [7, 11) is 1.67. The lowest BCUT2D eigenvalue weighted by Crippen LogP contribution is -2.01. The van der Waals surface area contributed by atoms with E-state index in [0.717, 1.165) is 28.9 Å². The summed E-state index contributed by atoms with van der Waals surface area (Å²) in [4.78, 5) is 0. The van der Waals surface area contributed by atoms with Crippen molar-refractivity contribution in [3.8, 4) is 5.75 Å². The smallest absolute Gasteiger partial charge is 0.142 e. The van der Waals surface area contributed by atoms with Crippen molar-refractivity contribution < 1.29 is 4.74 Å². The number of benzene rings is 1. The van der Waals surface area contributed by atoms with Crippen molar-refractivity contribution >= 4 is 21.6 Å². The van der Waals surface area contributed by atoms with Crippen LogP contribution in [0.1, 0.15) is 6.42 Å². The van der Waals surface area contributed by atoms with Gasteiger partial charge in [-0.25, -0.2) is 0 Å². The van der Waals surface area contributed by atoms with Crippen LogP contribution in [0.5, 0.6) is 5.75 Å². The second kappa shape index (κ2) is 5.70. The molecule has 1 N–H and O–H groups in total. The van der Waals surface area contributed by atoms with Crippen LogP contribution in [-0.2, 0) is 0 Å². The summed E-state index contributed by atoms with van der Waals surface area (Å²) in [6, 6.07) is 5.89. The van der Waals surface area contributed by atoms with Gasteiger partial charge in [-0.2, -0.15) is 0 Å². The number of hydrogen-bond acceptors (Lipinski definition) is 2.